The first-order valence-electron chi connectivity index (χ1n) is 6.85. The molecular weight excluding hydrogens is 232 g/mol. The normalized spacial score (nSPS) is 30.9. The summed E-state index contributed by atoms with van der Waals surface area (Å²) in [6.45, 7) is 6.28. The second-order valence-corrected chi connectivity index (χ2v) is 6.76. The van der Waals surface area contributed by atoms with E-state index in [1.807, 2.05) is 11.8 Å². The van der Waals surface area contributed by atoms with Gasteiger partial charge >= 0.3 is 0 Å². The third-order valence-electron chi connectivity index (χ3n) is 4.09. The van der Waals surface area contributed by atoms with Gasteiger partial charge in [0.15, 0.2) is 0 Å². The Kier molecular flexibility index (Phi) is 4.74. The third-order valence-corrected chi connectivity index (χ3v) is 5.42. The Balaban J connectivity index is 1.80. The highest BCUT2D eigenvalue weighted by Crippen LogP contribution is 2.30. The van der Waals surface area contributed by atoms with Gasteiger partial charge in [0.2, 0.25) is 5.91 Å². The summed E-state index contributed by atoms with van der Waals surface area (Å²) < 4.78 is 0. The maximum absolute atomic E-state index is 12.1. The summed E-state index contributed by atoms with van der Waals surface area (Å²) in [7, 11) is 0. The van der Waals surface area contributed by atoms with Crippen molar-refractivity contribution in [1.82, 2.24) is 10.6 Å². The molecule has 0 radical (unpaired) electrons. The molecule has 2 aliphatic rings. The van der Waals surface area contributed by atoms with Crippen molar-refractivity contribution in [3.05, 3.63) is 0 Å². The number of hydrogen-bond donors (Lipinski definition) is 2. The van der Waals surface area contributed by atoms with Gasteiger partial charge in [0.05, 0.1) is 0 Å². The van der Waals surface area contributed by atoms with Crippen LogP contribution in [0.25, 0.3) is 0 Å². The maximum Gasteiger partial charge on any atom is 0.223 e. The topological polar surface area (TPSA) is 41.1 Å². The maximum atomic E-state index is 12.1. The molecule has 1 aliphatic heterocycles. The van der Waals surface area contributed by atoms with Gasteiger partial charge in [-0.1, -0.05) is 20.3 Å². The molecule has 0 aromatic rings. The number of carbonyl (C=O) groups excluding carboxylic acids is 1. The second-order valence-electron chi connectivity index (χ2n) is 5.25. The van der Waals surface area contributed by atoms with Crippen molar-refractivity contribution < 1.29 is 4.79 Å². The van der Waals surface area contributed by atoms with Gasteiger partial charge in [-0.25, -0.2) is 0 Å². The van der Waals surface area contributed by atoms with Crippen LogP contribution >= 0.6 is 11.8 Å². The van der Waals surface area contributed by atoms with Crippen molar-refractivity contribution in [2.24, 2.45) is 11.8 Å². The van der Waals surface area contributed by atoms with E-state index in [0.717, 1.165) is 18.8 Å². The zero-order chi connectivity index (χ0) is 12.3. The van der Waals surface area contributed by atoms with Crippen LogP contribution in [0.15, 0.2) is 0 Å². The van der Waals surface area contributed by atoms with E-state index in [4.69, 9.17) is 0 Å². The minimum Gasteiger partial charge on any atom is -0.352 e. The van der Waals surface area contributed by atoms with E-state index >= 15 is 0 Å². The second kappa shape index (κ2) is 6.10. The lowest BCUT2D eigenvalue weighted by atomic mass is 9.88. The lowest BCUT2D eigenvalue weighted by Gasteiger charge is -2.33. The smallest absolute Gasteiger partial charge is 0.223 e. The van der Waals surface area contributed by atoms with E-state index in [1.165, 1.54) is 19.3 Å². The highest BCUT2D eigenvalue weighted by Gasteiger charge is 2.33. The van der Waals surface area contributed by atoms with Crippen molar-refractivity contribution in [1.29, 1.82) is 0 Å². The molecule has 2 rings (SSSR count). The molecule has 0 aromatic carbocycles. The molecule has 0 spiro atoms. The Hall–Kier alpha value is -0.220. The molecule has 3 unspecified atom stereocenters. The van der Waals surface area contributed by atoms with Crippen molar-refractivity contribution in [2.45, 2.75) is 44.4 Å². The minimum atomic E-state index is 0.170. The van der Waals surface area contributed by atoms with E-state index in [2.05, 4.69) is 24.5 Å². The zero-order valence-corrected chi connectivity index (χ0v) is 11.7. The van der Waals surface area contributed by atoms with Crippen molar-refractivity contribution in [2.75, 3.05) is 18.8 Å². The molecule has 1 amide bonds. The number of thioether (sulfide) groups is 1. The molecule has 2 fully saturated rings. The van der Waals surface area contributed by atoms with Crippen LogP contribution in [-0.4, -0.2) is 36.0 Å². The average Bonchev–Trinajstić information content (AvgIpc) is 2.64. The number of hydrogen-bond acceptors (Lipinski definition) is 3. The lowest BCUT2D eigenvalue weighted by molar-refractivity contribution is -0.127. The molecule has 1 saturated carbocycles. The van der Waals surface area contributed by atoms with Crippen molar-refractivity contribution >= 4 is 17.7 Å². The van der Waals surface area contributed by atoms with Gasteiger partial charge in [-0.3, -0.25) is 4.79 Å². The molecule has 17 heavy (non-hydrogen) atoms. The molecule has 1 heterocycles. The highest BCUT2D eigenvalue weighted by atomic mass is 32.2. The van der Waals surface area contributed by atoms with Gasteiger partial charge in [-0.15, -0.1) is 0 Å². The first-order valence-corrected chi connectivity index (χ1v) is 7.90. The quantitative estimate of drug-likeness (QED) is 0.785. The van der Waals surface area contributed by atoms with Crippen molar-refractivity contribution in [3.8, 4) is 0 Å². The molecule has 3 nitrogen and oxygen atoms in total. The largest absolute Gasteiger partial charge is 0.352 e. The van der Waals surface area contributed by atoms with Crippen LogP contribution < -0.4 is 10.6 Å². The standard InChI is InChI=1S/C13H24N2OS/c1-3-17-12-6-4-5-11(12)15-13(16)9(2)10-7-14-8-10/h9-12,14H,3-8H2,1-2H3,(H,15,16). The molecule has 3 atom stereocenters. The Morgan fingerprint density at radius 1 is 1.47 bits per heavy atom. The average molecular weight is 256 g/mol. The Bertz CT molecular complexity index is 268. The lowest BCUT2D eigenvalue weighted by Crippen LogP contribution is -2.51. The molecular formula is C13H24N2OS. The minimum absolute atomic E-state index is 0.170. The van der Waals surface area contributed by atoms with Gasteiger partial charge in [0, 0.05) is 17.2 Å². The van der Waals surface area contributed by atoms with Crippen molar-refractivity contribution in [3.63, 3.8) is 0 Å². The van der Waals surface area contributed by atoms with E-state index in [9.17, 15) is 4.79 Å². The zero-order valence-electron chi connectivity index (χ0n) is 10.9. The molecule has 4 heteroatoms. The van der Waals surface area contributed by atoms with Crippen LogP contribution in [0.3, 0.4) is 0 Å². The summed E-state index contributed by atoms with van der Waals surface area (Å²) in [4.78, 5) is 12.1. The molecule has 98 valence electrons. The fourth-order valence-corrected chi connectivity index (χ4v) is 3.90. The monoisotopic (exact) mass is 256 g/mol. The van der Waals surface area contributed by atoms with Crippen LogP contribution in [0.4, 0.5) is 0 Å². The van der Waals surface area contributed by atoms with Crippen LogP contribution in [-0.2, 0) is 4.79 Å². The Morgan fingerprint density at radius 2 is 2.24 bits per heavy atom. The summed E-state index contributed by atoms with van der Waals surface area (Å²) >= 11 is 2.00. The fourth-order valence-electron chi connectivity index (χ4n) is 2.70. The highest BCUT2D eigenvalue weighted by molar-refractivity contribution is 7.99. The van der Waals surface area contributed by atoms with E-state index < -0.39 is 0 Å². The predicted molar refractivity (Wildman–Crippen MR) is 73.2 cm³/mol. The summed E-state index contributed by atoms with van der Waals surface area (Å²) in [6.07, 6.45) is 3.70. The molecule has 2 N–H and O–H groups in total. The molecule has 0 bridgehead atoms. The number of amides is 1. The van der Waals surface area contributed by atoms with E-state index in [-0.39, 0.29) is 11.8 Å². The Morgan fingerprint density at radius 3 is 2.82 bits per heavy atom. The summed E-state index contributed by atoms with van der Waals surface area (Å²) in [6, 6.07) is 0.419. The van der Waals surface area contributed by atoms with Gasteiger partial charge < -0.3 is 10.6 Å². The predicted octanol–water partition coefficient (Wildman–Crippen LogP) is 1.63. The number of carbonyl (C=O) groups is 1. The number of rotatable bonds is 5. The Labute approximate surface area is 108 Å². The van der Waals surface area contributed by atoms with E-state index in [1.54, 1.807) is 0 Å². The molecule has 1 saturated heterocycles. The summed E-state index contributed by atoms with van der Waals surface area (Å²) in [5, 5.41) is 7.16. The van der Waals surface area contributed by atoms with Crippen LogP contribution in [0.1, 0.15) is 33.1 Å². The first kappa shape index (κ1) is 13.2. The molecule has 0 aromatic heterocycles. The fraction of sp³-hybridized carbons (Fsp3) is 0.923. The molecule has 1 aliphatic carbocycles. The first-order chi connectivity index (χ1) is 8.22. The van der Waals surface area contributed by atoms with Crippen LogP contribution in [0, 0.1) is 11.8 Å². The van der Waals surface area contributed by atoms with E-state index in [0.29, 0.717) is 17.2 Å². The van der Waals surface area contributed by atoms with Gasteiger partial charge in [-0.05, 0) is 37.6 Å². The van der Waals surface area contributed by atoms with Crippen LogP contribution in [0.2, 0.25) is 0 Å². The van der Waals surface area contributed by atoms with Gasteiger partial charge in [0.25, 0.3) is 0 Å². The summed E-state index contributed by atoms with van der Waals surface area (Å²) in [5.41, 5.74) is 0. The van der Waals surface area contributed by atoms with Gasteiger partial charge in [-0.2, -0.15) is 11.8 Å². The van der Waals surface area contributed by atoms with Crippen LogP contribution in [0.5, 0.6) is 0 Å². The SMILES string of the molecule is CCSC1CCCC1NC(=O)C(C)C1CNC1. The number of nitrogens with one attached hydrogen (secondary N) is 2. The summed E-state index contributed by atoms with van der Waals surface area (Å²) in [5.74, 6) is 2.14. The third kappa shape index (κ3) is 3.16. The van der Waals surface area contributed by atoms with Gasteiger partial charge in [0.1, 0.15) is 0 Å².